The first kappa shape index (κ1) is 6.25. The van der Waals surface area contributed by atoms with Crippen LogP contribution in [-0.2, 0) is 0 Å². The first-order valence-electron chi connectivity index (χ1n) is 1.79. The Morgan fingerprint density at radius 1 is 1.67 bits per heavy atom. The maximum Gasteiger partial charge on any atom is 0.0276 e. The van der Waals surface area contributed by atoms with Gasteiger partial charge in [-0.05, 0) is 32.5 Å². The molecule has 0 saturated heterocycles. The topological polar surface area (TPSA) is 12.0 Å². The van der Waals surface area contributed by atoms with Gasteiger partial charge in [0.15, 0.2) is 0 Å². The summed E-state index contributed by atoms with van der Waals surface area (Å²) in [6.07, 6.45) is 0. The van der Waals surface area contributed by atoms with Crippen LogP contribution in [0.25, 0.3) is 0 Å². The van der Waals surface area contributed by atoms with Crippen molar-refractivity contribution in [1.29, 1.82) is 0 Å². The molecule has 0 spiro atoms. The standard InChI is InChI=1S/C4H9ClN/c1-4(2,3)6-5/h6H,1H2,2-3H3. The maximum atomic E-state index is 5.17. The lowest BCUT2D eigenvalue weighted by Gasteiger charge is -2.12. The Balaban J connectivity index is 3.17. The summed E-state index contributed by atoms with van der Waals surface area (Å²) in [5.74, 6) is 0. The number of halogens is 1. The van der Waals surface area contributed by atoms with E-state index >= 15 is 0 Å². The molecule has 1 nitrogen and oxygen atoms in total. The minimum absolute atomic E-state index is 0.193. The summed E-state index contributed by atoms with van der Waals surface area (Å²) in [7, 11) is 0. The van der Waals surface area contributed by atoms with E-state index in [0.29, 0.717) is 0 Å². The summed E-state index contributed by atoms with van der Waals surface area (Å²) in [5, 5.41) is 0. The van der Waals surface area contributed by atoms with Gasteiger partial charge in [-0.1, -0.05) is 0 Å². The second kappa shape index (κ2) is 1.80. The average molecular weight is 107 g/mol. The zero-order chi connectivity index (χ0) is 5.21. The minimum Gasteiger partial charge on any atom is -0.228 e. The molecule has 0 aliphatic heterocycles. The van der Waals surface area contributed by atoms with E-state index in [4.69, 9.17) is 11.8 Å². The van der Waals surface area contributed by atoms with Crippen LogP contribution in [0, 0.1) is 6.92 Å². The molecule has 0 unspecified atom stereocenters. The van der Waals surface area contributed by atoms with Gasteiger partial charge < -0.3 is 0 Å². The van der Waals surface area contributed by atoms with E-state index in [2.05, 4.69) is 11.8 Å². The lowest BCUT2D eigenvalue weighted by Crippen LogP contribution is -2.27. The van der Waals surface area contributed by atoms with Gasteiger partial charge in [-0.2, -0.15) is 0 Å². The molecule has 0 atom stereocenters. The summed E-state index contributed by atoms with van der Waals surface area (Å²) >= 11 is 5.17. The summed E-state index contributed by atoms with van der Waals surface area (Å²) in [6, 6.07) is 0. The van der Waals surface area contributed by atoms with Gasteiger partial charge in [-0.15, -0.1) is 0 Å². The van der Waals surface area contributed by atoms with Gasteiger partial charge >= 0.3 is 0 Å². The van der Waals surface area contributed by atoms with Crippen LogP contribution in [-0.4, -0.2) is 5.54 Å². The highest BCUT2D eigenvalue weighted by Gasteiger charge is 2.04. The monoisotopic (exact) mass is 106 g/mol. The van der Waals surface area contributed by atoms with E-state index in [9.17, 15) is 0 Å². The Labute approximate surface area is 43.8 Å². The van der Waals surface area contributed by atoms with Crippen molar-refractivity contribution >= 4 is 11.8 Å². The highest BCUT2D eigenvalue weighted by Crippen LogP contribution is 1.96. The lowest BCUT2D eigenvalue weighted by molar-refractivity contribution is 0.592. The molecule has 0 aromatic rings. The van der Waals surface area contributed by atoms with Crippen molar-refractivity contribution < 1.29 is 0 Å². The molecule has 1 radical (unpaired) electrons. The van der Waals surface area contributed by atoms with Crippen LogP contribution in [0.1, 0.15) is 13.8 Å². The number of hydrogen-bond donors (Lipinski definition) is 1. The molecule has 0 aliphatic rings. The molecule has 0 amide bonds. The quantitative estimate of drug-likeness (QED) is 0.498. The fourth-order valence-electron chi connectivity index (χ4n) is 0. The highest BCUT2D eigenvalue weighted by molar-refractivity contribution is 6.13. The third-order valence-electron chi connectivity index (χ3n) is 0.256. The van der Waals surface area contributed by atoms with E-state index in [1.807, 2.05) is 13.8 Å². The van der Waals surface area contributed by atoms with Crippen LogP contribution in [0.3, 0.4) is 0 Å². The lowest BCUT2D eigenvalue weighted by atomic mass is 10.1. The summed E-state index contributed by atoms with van der Waals surface area (Å²) in [6.45, 7) is 7.42. The molecule has 0 aliphatic carbocycles. The minimum atomic E-state index is -0.193. The Hall–Kier alpha value is 0.250. The summed E-state index contributed by atoms with van der Waals surface area (Å²) < 4.78 is 0. The van der Waals surface area contributed by atoms with Crippen LogP contribution in [0.15, 0.2) is 0 Å². The maximum absolute atomic E-state index is 5.17. The molecule has 37 valence electrons. The molecule has 0 heterocycles. The predicted molar refractivity (Wildman–Crippen MR) is 28.4 cm³/mol. The van der Waals surface area contributed by atoms with Crippen LogP contribution >= 0.6 is 11.8 Å². The predicted octanol–water partition coefficient (Wildman–Crippen LogP) is 1.34. The smallest absolute Gasteiger partial charge is 0.0276 e. The third-order valence-corrected chi connectivity index (χ3v) is 0.767. The van der Waals surface area contributed by atoms with Crippen LogP contribution < -0.4 is 4.84 Å². The van der Waals surface area contributed by atoms with Crippen molar-refractivity contribution in [3.63, 3.8) is 0 Å². The Morgan fingerprint density at radius 3 is 1.83 bits per heavy atom. The Kier molecular flexibility index (Phi) is 1.88. The first-order chi connectivity index (χ1) is 2.56. The molecule has 0 fully saturated rings. The number of rotatable bonds is 1. The van der Waals surface area contributed by atoms with E-state index in [0.717, 1.165) is 0 Å². The van der Waals surface area contributed by atoms with Crippen LogP contribution in [0.2, 0.25) is 0 Å². The molecular weight excluding hydrogens is 97.5 g/mol. The zero-order valence-electron chi connectivity index (χ0n) is 4.09. The normalized spacial score (nSPS) is 12.0. The SMILES string of the molecule is [CH2]C(C)(C)NCl. The molecule has 1 N–H and O–H groups in total. The van der Waals surface area contributed by atoms with Gasteiger partial charge in [0, 0.05) is 5.54 Å². The van der Waals surface area contributed by atoms with Crippen molar-refractivity contribution in [2.24, 2.45) is 0 Å². The summed E-state index contributed by atoms with van der Waals surface area (Å²) in [5.41, 5.74) is -0.193. The zero-order valence-corrected chi connectivity index (χ0v) is 4.84. The van der Waals surface area contributed by atoms with Gasteiger partial charge in [-0.3, -0.25) is 0 Å². The van der Waals surface area contributed by atoms with Crippen LogP contribution in [0.5, 0.6) is 0 Å². The van der Waals surface area contributed by atoms with E-state index in [1.165, 1.54) is 0 Å². The van der Waals surface area contributed by atoms with Crippen molar-refractivity contribution in [3.8, 4) is 0 Å². The fraction of sp³-hybridized carbons (Fsp3) is 0.750. The van der Waals surface area contributed by atoms with Gasteiger partial charge in [0.25, 0.3) is 0 Å². The van der Waals surface area contributed by atoms with Gasteiger partial charge in [0.2, 0.25) is 0 Å². The van der Waals surface area contributed by atoms with E-state index < -0.39 is 0 Å². The molecule has 0 bridgehead atoms. The van der Waals surface area contributed by atoms with Gasteiger partial charge in [0.1, 0.15) is 0 Å². The largest absolute Gasteiger partial charge is 0.228 e. The Morgan fingerprint density at radius 2 is 1.83 bits per heavy atom. The van der Waals surface area contributed by atoms with Crippen molar-refractivity contribution in [1.82, 2.24) is 4.84 Å². The van der Waals surface area contributed by atoms with E-state index in [1.54, 1.807) is 0 Å². The highest BCUT2D eigenvalue weighted by atomic mass is 35.5. The molecular formula is C4H9ClN. The molecule has 6 heavy (non-hydrogen) atoms. The van der Waals surface area contributed by atoms with Crippen molar-refractivity contribution in [3.05, 3.63) is 6.92 Å². The van der Waals surface area contributed by atoms with Gasteiger partial charge in [-0.25, -0.2) is 4.84 Å². The number of nitrogens with one attached hydrogen (secondary N) is 1. The van der Waals surface area contributed by atoms with E-state index in [-0.39, 0.29) is 5.54 Å². The molecule has 0 rings (SSSR count). The molecule has 2 heteroatoms. The van der Waals surface area contributed by atoms with Gasteiger partial charge in [0.05, 0.1) is 0 Å². The second-order valence-electron chi connectivity index (χ2n) is 1.98. The fourth-order valence-corrected chi connectivity index (χ4v) is 0. The third kappa shape index (κ3) is 4.25. The van der Waals surface area contributed by atoms with Crippen molar-refractivity contribution in [2.75, 3.05) is 0 Å². The Bertz CT molecular complexity index is 37.3. The summed E-state index contributed by atoms with van der Waals surface area (Å²) in [4.78, 5) is 2.47. The molecule has 0 aromatic heterocycles. The van der Waals surface area contributed by atoms with Crippen molar-refractivity contribution in [2.45, 2.75) is 19.4 Å². The molecule has 0 saturated carbocycles. The average Bonchev–Trinajstić information content (AvgIpc) is 1.35. The van der Waals surface area contributed by atoms with Crippen LogP contribution in [0.4, 0.5) is 0 Å². The first-order valence-corrected chi connectivity index (χ1v) is 2.17. The second-order valence-corrected chi connectivity index (χ2v) is 2.17. The molecule has 0 aromatic carbocycles. The number of hydrogen-bond acceptors (Lipinski definition) is 1.